The minimum Gasteiger partial charge on any atom is -0.468 e. The van der Waals surface area contributed by atoms with Crippen molar-refractivity contribution in [3.63, 3.8) is 0 Å². The fourth-order valence-electron chi connectivity index (χ4n) is 1.96. The summed E-state index contributed by atoms with van der Waals surface area (Å²) in [5.41, 5.74) is -0.953. The molecule has 1 saturated carbocycles. The minimum atomic E-state index is -2.58. The molecule has 1 spiro atoms. The largest absolute Gasteiger partial charge is 0.468 e. The van der Waals surface area contributed by atoms with E-state index in [1.165, 1.54) is 7.11 Å². The van der Waals surface area contributed by atoms with Crippen molar-refractivity contribution in [2.24, 2.45) is 5.41 Å². The van der Waals surface area contributed by atoms with Crippen molar-refractivity contribution in [3.8, 4) is 0 Å². The lowest BCUT2D eigenvalue weighted by molar-refractivity contribution is -0.142. The predicted octanol–water partition coefficient (Wildman–Crippen LogP) is 0.547. The average molecular weight is 191 g/mol. The van der Waals surface area contributed by atoms with Gasteiger partial charge in [0.15, 0.2) is 0 Å². The van der Waals surface area contributed by atoms with E-state index in [-0.39, 0.29) is 19.4 Å². The van der Waals surface area contributed by atoms with Crippen LogP contribution in [0.4, 0.5) is 8.78 Å². The van der Waals surface area contributed by atoms with Gasteiger partial charge in [0.1, 0.15) is 6.04 Å². The van der Waals surface area contributed by atoms with Crippen LogP contribution >= 0.6 is 0 Å². The summed E-state index contributed by atoms with van der Waals surface area (Å²) in [6.07, 6.45) is 0.104. The third kappa shape index (κ3) is 1.14. The quantitative estimate of drug-likeness (QED) is 0.615. The van der Waals surface area contributed by atoms with Crippen molar-refractivity contribution in [2.75, 3.05) is 13.7 Å². The fraction of sp³-hybridized carbons (Fsp3) is 0.875. The molecule has 1 heterocycles. The molecule has 13 heavy (non-hydrogen) atoms. The minimum absolute atomic E-state index is 0.0967. The molecule has 2 rings (SSSR count). The first-order chi connectivity index (χ1) is 6.01. The summed E-state index contributed by atoms with van der Waals surface area (Å²) in [6, 6.07) is -0.543. The second-order valence-electron chi connectivity index (χ2n) is 3.82. The highest BCUT2D eigenvalue weighted by molar-refractivity contribution is 5.76. The van der Waals surface area contributed by atoms with Gasteiger partial charge in [-0.05, 0) is 6.42 Å². The summed E-state index contributed by atoms with van der Waals surface area (Å²) in [5.74, 6) is -3.03. The number of hydrogen-bond donors (Lipinski definition) is 1. The summed E-state index contributed by atoms with van der Waals surface area (Å²) < 4.78 is 30.2. The lowest BCUT2D eigenvalue weighted by Gasteiger charge is -2.06. The molecule has 1 aliphatic heterocycles. The van der Waals surface area contributed by atoms with E-state index in [4.69, 9.17) is 0 Å². The summed E-state index contributed by atoms with van der Waals surface area (Å²) in [4.78, 5) is 11.0. The fourth-order valence-corrected chi connectivity index (χ4v) is 1.96. The molecule has 0 radical (unpaired) electrons. The molecule has 2 atom stereocenters. The van der Waals surface area contributed by atoms with Gasteiger partial charge in [-0.1, -0.05) is 0 Å². The summed E-state index contributed by atoms with van der Waals surface area (Å²) in [5, 5.41) is 2.76. The van der Waals surface area contributed by atoms with Crippen molar-refractivity contribution in [3.05, 3.63) is 0 Å². The summed E-state index contributed by atoms with van der Waals surface area (Å²) in [7, 11) is 1.26. The number of ether oxygens (including phenoxy) is 1. The first-order valence-corrected chi connectivity index (χ1v) is 4.20. The zero-order valence-corrected chi connectivity index (χ0v) is 7.27. The van der Waals surface area contributed by atoms with E-state index in [1.54, 1.807) is 0 Å². The SMILES string of the molecule is COC(=O)[C@@H]1C[C@]2(CN1)CC2(F)F. The van der Waals surface area contributed by atoms with Crippen molar-refractivity contribution in [2.45, 2.75) is 24.8 Å². The highest BCUT2D eigenvalue weighted by atomic mass is 19.3. The zero-order valence-electron chi connectivity index (χ0n) is 7.27. The Morgan fingerprint density at radius 2 is 2.23 bits per heavy atom. The maximum atomic E-state index is 12.8. The number of carbonyl (C=O) groups is 1. The van der Waals surface area contributed by atoms with Gasteiger partial charge >= 0.3 is 5.97 Å². The molecular weight excluding hydrogens is 180 g/mol. The van der Waals surface area contributed by atoms with Gasteiger partial charge in [-0.25, -0.2) is 8.78 Å². The van der Waals surface area contributed by atoms with Gasteiger partial charge in [0.2, 0.25) is 0 Å². The molecule has 1 saturated heterocycles. The van der Waals surface area contributed by atoms with Gasteiger partial charge in [-0.2, -0.15) is 0 Å². The van der Waals surface area contributed by atoms with E-state index in [1.807, 2.05) is 0 Å². The molecular formula is C8H11F2NO2. The molecule has 0 unspecified atom stereocenters. The molecule has 3 nitrogen and oxygen atoms in total. The smallest absolute Gasteiger partial charge is 0.322 e. The molecule has 1 N–H and O–H groups in total. The van der Waals surface area contributed by atoms with Crippen LogP contribution in [0.3, 0.4) is 0 Å². The van der Waals surface area contributed by atoms with Gasteiger partial charge in [0.25, 0.3) is 5.92 Å². The maximum absolute atomic E-state index is 12.8. The van der Waals surface area contributed by atoms with Crippen LogP contribution in [0.1, 0.15) is 12.8 Å². The molecule has 74 valence electrons. The van der Waals surface area contributed by atoms with E-state index < -0.39 is 23.3 Å². The van der Waals surface area contributed by atoms with Crippen LogP contribution < -0.4 is 5.32 Å². The number of methoxy groups -OCH3 is 1. The lowest BCUT2D eigenvalue weighted by Crippen LogP contribution is -2.31. The topological polar surface area (TPSA) is 38.3 Å². The zero-order chi connectivity index (χ0) is 9.69. The average Bonchev–Trinajstić information content (AvgIpc) is 2.50. The van der Waals surface area contributed by atoms with E-state index >= 15 is 0 Å². The Labute approximate surface area is 74.4 Å². The molecule has 1 aliphatic carbocycles. The molecule has 0 bridgehead atoms. The van der Waals surface area contributed by atoms with Gasteiger partial charge in [-0.3, -0.25) is 4.79 Å². The lowest BCUT2D eigenvalue weighted by atomic mass is 10.0. The van der Waals surface area contributed by atoms with Crippen LogP contribution in [0.25, 0.3) is 0 Å². The van der Waals surface area contributed by atoms with Gasteiger partial charge in [0.05, 0.1) is 12.5 Å². The Bertz CT molecular complexity index is 257. The Morgan fingerprint density at radius 1 is 1.62 bits per heavy atom. The van der Waals surface area contributed by atoms with Crippen LogP contribution in [-0.2, 0) is 9.53 Å². The molecule has 5 heteroatoms. The maximum Gasteiger partial charge on any atom is 0.322 e. The highest BCUT2D eigenvalue weighted by Gasteiger charge is 2.73. The van der Waals surface area contributed by atoms with E-state index in [9.17, 15) is 13.6 Å². The number of hydrogen-bond acceptors (Lipinski definition) is 3. The molecule has 2 fully saturated rings. The molecule has 0 aromatic heterocycles. The number of nitrogens with one attached hydrogen (secondary N) is 1. The van der Waals surface area contributed by atoms with Crippen LogP contribution in [0.5, 0.6) is 0 Å². The van der Waals surface area contributed by atoms with Crippen molar-refractivity contribution >= 4 is 5.97 Å². The number of esters is 1. The summed E-state index contributed by atoms with van der Waals surface area (Å²) in [6.45, 7) is 0.222. The van der Waals surface area contributed by atoms with Gasteiger partial charge in [0, 0.05) is 13.0 Å². The highest BCUT2D eigenvalue weighted by Crippen LogP contribution is 2.64. The van der Waals surface area contributed by atoms with E-state index in [0.29, 0.717) is 0 Å². The third-order valence-corrected chi connectivity index (χ3v) is 2.98. The molecule has 2 aliphatic rings. The predicted molar refractivity (Wildman–Crippen MR) is 40.4 cm³/mol. The second kappa shape index (κ2) is 2.41. The Balaban J connectivity index is 2.00. The van der Waals surface area contributed by atoms with Crippen molar-refractivity contribution in [1.29, 1.82) is 0 Å². The molecule has 0 amide bonds. The first kappa shape index (κ1) is 8.87. The van der Waals surface area contributed by atoms with Crippen molar-refractivity contribution < 1.29 is 18.3 Å². The third-order valence-electron chi connectivity index (χ3n) is 2.98. The number of alkyl halides is 2. The van der Waals surface area contributed by atoms with Crippen LogP contribution in [-0.4, -0.2) is 31.6 Å². The number of carbonyl (C=O) groups excluding carboxylic acids is 1. The normalized spacial score (nSPS) is 40.7. The van der Waals surface area contributed by atoms with Crippen LogP contribution in [0, 0.1) is 5.41 Å². The Kier molecular flexibility index (Phi) is 1.64. The van der Waals surface area contributed by atoms with E-state index in [0.717, 1.165) is 0 Å². The molecule has 0 aromatic carbocycles. The first-order valence-electron chi connectivity index (χ1n) is 4.20. The number of rotatable bonds is 1. The van der Waals surface area contributed by atoms with Crippen LogP contribution in [0.2, 0.25) is 0 Å². The van der Waals surface area contributed by atoms with Gasteiger partial charge < -0.3 is 10.1 Å². The second-order valence-corrected chi connectivity index (χ2v) is 3.82. The Morgan fingerprint density at radius 3 is 2.62 bits per heavy atom. The summed E-state index contributed by atoms with van der Waals surface area (Å²) >= 11 is 0. The van der Waals surface area contributed by atoms with E-state index in [2.05, 4.69) is 10.1 Å². The van der Waals surface area contributed by atoms with Gasteiger partial charge in [-0.15, -0.1) is 0 Å². The standard InChI is InChI=1S/C8H11F2NO2/c1-13-6(12)5-2-7(4-11-5)3-8(7,9)10/h5,11H,2-4H2,1H3/t5-,7+/m0/s1. The van der Waals surface area contributed by atoms with Crippen LogP contribution in [0.15, 0.2) is 0 Å². The number of halogens is 2. The van der Waals surface area contributed by atoms with Crippen molar-refractivity contribution in [1.82, 2.24) is 5.32 Å². The Hall–Kier alpha value is -0.710. The molecule has 0 aromatic rings. The monoisotopic (exact) mass is 191 g/mol.